The maximum absolute atomic E-state index is 11.5. The lowest BCUT2D eigenvalue weighted by Crippen LogP contribution is -2.07. The molecule has 0 bridgehead atoms. The molecule has 0 unspecified atom stereocenters. The van der Waals surface area contributed by atoms with Crippen molar-refractivity contribution in [1.29, 1.82) is 0 Å². The summed E-state index contributed by atoms with van der Waals surface area (Å²) in [6, 6.07) is 3.63. The van der Waals surface area contributed by atoms with Gasteiger partial charge in [0, 0.05) is 31.5 Å². The molecule has 3 rings (SSSR count). The lowest BCUT2D eigenvalue weighted by molar-refractivity contribution is 0.101. The quantitative estimate of drug-likeness (QED) is 0.790. The maximum Gasteiger partial charge on any atom is 0.178 e. The van der Waals surface area contributed by atoms with Gasteiger partial charge in [0.1, 0.15) is 10.3 Å². The average Bonchev–Trinajstić information content (AvgIpc) is 2.65. The normalized spacial score (nSPS) is 14.7. The molecule has 0 spiro atoms. The lowest BCUT2D eigenvalue weighted by atomic mass is 10.1. The Morgan fingerprint density at radius 3 is 3.00 bits per heavy atom. The van der Waals surface area contributed by atoms with Gasteiger partial charge in [0.2, 0.25) is 0 Å². The van der Waals surface area contributed by atoms with Crippen LogP contribution in [-0.4, -0.2) is 33.8 Å². The first-order valence-corrected chi connectivity index (χ1v) is 7.27. The number of carbonyl (C=O) groups excluding carboxylic acids is 1. The van der Waals surface area contributed by atoms with E-state index in [4.69, 9.17) is 4.74 Å². The molecule has 5 nitrogen and oxygen atoms in total. The van der Waals surface area contributed by atoms with E-state index in [1.54, 1.807) is 12.3 Å². The SMILES string of the molecule is CC(=O)c1cc(-n2nc(Br)c3c2CCOCC3)ccn1. The van der Waals surface area contributed by atoms with Crippen molar-refractivity contribution >= 4 is 21.7 Å². The Morgan fingerprint density at radius 2 is 2.20 bits per heavy atom. The standard InChI is InChI=1S/C14H14BrN3O2/c1-9(19)12-8-10(2-5-16-12)18-13-4-7-20-6-3-11(13)14(15)17-18/h2,5,8H,3-4,6-7H2,1H3. The Labute approximate surface area is 125 Å². The number of ether oxygens (including phenoxy) is 1. The Hall–Kier alpha value is -1.53. The van der Waals surface area contributed by atoms with Gasteiger partial charge in [0.25, 0.3) is 0 Å². The summed E-state index contributed by atoms with van der Waals surface area (Å²) in [5.74, 6) is -0.0486. The van der Waals surface area contributed by atoms with E-state index < -0.39 is 0 Å². The van der Waals surface area contributed by atoms with Crippen molar-refractivity contribution in [3.8, 4) is 5.69 Å². The Morgan fingerprint density at radius 1 is 1.40 bits per heavy atom. The topological polar surface area (TPSA) is 57.0 Å². The molecule has 0 aliphatic carbocycles. The fraction of sp³-hybridized carbons (Fsp3) is 0.357. The van der Waals surface area contributed by atoms with Crippen molar-refractivity contribution in [3.05, 3.63) is 39.9 Å². The van der Waals surface area contributed by atoms with Gasteiger partial charge in [-0.05, 0) is 28.1 Å². The van der Waals surface area contributed by atoms with Gasteiger partial charge in [-0.25, -0.2) is 4.68 Å². The minimum Gasteiger partial charge on any atom is -0.381 e. The van der Waals surface area contributed by atoms with Crippen LogP contribution in [0.3, 0.4) is 0 Å². The number of rotatable bonds is 2. The van der Waals surface area contributed by atoms with E-state index in [0.29, 0.717) is 18.9 Å². The van der Waals surface area contributed by atoms with Gasteiger partial charge in [-0.15, -0.1) is 0 Å². The van der Waals surface area contributed by atoms with Crippen LogP contribution in [0.15, 0.2) is 22.9 Å². The van der Waals surface area contributed by atoms with Crippen LogP contribution in [0.2, 0.25) is 0 Å². The van der Waals surface area contributed by atoms with Gasteiger partial charge < -0.3 is 4.74 Å². The molecule has 0 saturated carbocycles. The van der Waals surface area contributed by atoms with E-state index in [1.165, 1.54) is 12.5 Å². The highest BCUT2D eigenvalue weighted by molar-refractivity contribution is 9.10. The third-order valence-corrected chi connectivity index (χ3v) is 4.01. The summed E-state index contributed by atoms with van der Waals surface area (Å²) in [7, 11) is 0. The number of nitrogens with zero attached hydrogens (tertiary/aromatic N) is 3. The van der Waals surface area contributed by atoms with Crippen molar-refractivity contribution in [2.45, 2.75) is 19.8 Å². The zero-order chi connectivity index (χ0) is 14.1. The number of ketones is 1. The Kier molecular flexibility index (Phi) is 3.67. The molecule has 2 aromatic heterocycles. The van der Waals surface area contributed by atoms with Crippen LogP contribution in [0.4, 0.5) is 0 Å². The van der Waals surface area contributed by atoms with Crippen molar-refractivity contribution in [3.63, 3.8) is 0 Å². The molecule has 0 saturated heterocycles. The predicted octanol–water partition coefficient (Wildman–Crippen LogP) is 2.35. The largest absolute Gasteiger partial charge is 0.381 e. The van der Waals surface area contributed by atoms with Gasteiger partial charge in [0.15, 0.2) is 5.78 Å². The van der Waals surface area contributed by atoms with Crippen molar-refractivity contribution in [1.82, 2.24) is 14.8 Å². The van der Waals surface area contributed by atoms with E-state index in [1.807, 2.05) is 10.7 Å². The summed E-state index contributed by atoms with van der Waals surface area (Å²) in [5, 5.41) is 4.54. The van der Waals surface area contributed by atoms with Crippen molar-refractivity contribution in [2.75, 3.05) is 13.2 Å². The highest BCUT2D eigenvalue weighted by Crippen LogP contribution is 2.26. The molecule has 0 amide bonds. The van der Waals surface area contributed by atoms with E-state index >= 15 is 0 Å². The highest BCUT2D eigenvalue weighted by Gasteiger charge is 2.19. The highest BCUT2D eigenvalue weighted by atomic mass is 79.9. The van der Waals surface area contributed by atoms with Crippen molar-refractivity contribution in [2.24, 2.45) is 0 Å². The number of hydrogen-bond donors (Lipinski definition) is 0. The zero-order valence-corrected chi connectivity index (χ0v) is 12.7. The summed E-state index contributed by atoms with van der Waals surface area (Å²) < 4.78 is 8.24. The van der Waals surface area contributed by atoms with Crippen LogP contribution in [0.5, 0.6) is 0 Å². The zero-order valence-electron chi connectivity index (χ0n) is 11.1. The molecule has 2 aromatic rings. The summed E-state index contributed by atoms with van der Waals surface area (Å²) in [6.45, 7) is 2.92. The molecule has 0 N–H and O–H groups in total. The molecule has 3 heterocycles. The molecule has 104 valence electrons. The van der Waals surface area contributed by atoms with Gasteiger partial charge in [-0.2, -0.15) is 5.10 Å². The fourth-order valence-electron chi connectivity index (χ4n) is 2.36. The molecule has 20 heavy (non-hydrogen) atoms. The van der Waals surface area contributed by atoms with Crippen LogP contribution < -0.4 is 0 Å². The smallest absolute Gasteiger partial charge is 0.178 e. The minimum atomic E-state index is -0.0486. The van der Waals surface area contributed by atoms with Gasteiger partial charge >= 0.3 is 0 Å². The maximum atomic E-state index is 11.5. The van der Waals surface area contributed by atoms with E-state index in [-0.39, 0.29) is 5.78 Å². The molecule has 0 atom stereocenters. The van der Waals surface area contributed by atoms with Crippen LogP contribution in [0.1, 0.15) is 28.7 Å². The summed E-state index contributed by atoms with van der Waals surface area (Å²) in [6.07, 6.45) is 3.30. The minimum absolute atomic E-state index is 0.0486. The Bertz CT molecular complexity index is 666. The molecule has 1 aliphatic rings. The molecule has 6 heteroatoms. The number of Topliss-reactive ketones (excluding diaryl/α,β-unsaturated/α-hetero) is 1. The van der Waals surface area contributed by atoms with Crippen LogP contribution in [-0.2, 0) is 17.6 Å². The average molecular weight is 336 g/mol. The molecular formula is C14H14BrN3O2. The van der Waals surface area contributed by atoms with E-state index in [0.717, 1.165) is 28.8 Å². The number of carbonyl (C=O) groups is 1. The third-order valence-electron chi connectivity index (χ3n) is 3.37. The second-order valence-corrected chi connectivity index (χ2v) is 5.45. The van der Waals surface area contributed by atoms with Crippen LogP contribution in [0, 0.1) is 0 Å². The summed E-state index contributed by atoms with van der Waals surface area (Å²) in [4.78, 5) is 15.5. The molecule has 0 fully saturated rings. The van der Waals surface area contributed by atoms with Gasteiger partial charge in [-0.3, -0.25) is 9.78 Å². The second-order valence-electron chi connectivity index (χ2n) is 4.70. The molecule has 0 radical (unpaired) electrons. The van der Waals surface area contributed by atoms with E-state index in [2.05, 4.69) is 26.0 Å². The number of pyridine rings is 1. The number of hydrogen-bond acceptors (Lipinski definition) is 4. The number of halogens is 1. The predicted molar refractivity (Wildman–Crippen MR) is 77.3 cm³/mol. The second kappa shape index (κ2) is 5.46. The number of aromatic nitrogens is 3. The summed E-state index contributed by atoms with van der Waals surface area (Å²) in [5.41, 5.74) is 3.63. The van der Waals surface area contributed by atoms with Gasteiger partial charge in [0.05, 0.1) is 24.6 Å². The molecule has 1 aliphatic heterocycles. The monoisotopic (exact) mass is 335 g/mol. The van der Waals surface area contributed by atoms with E-state index in [9.17, 15) is 4.79 Å². The fourth-order valence-corrected chi connectivity index (χ4v) is 2.95. The van der Waals surface area contributed by atoms with Gasteiger partial charge in [-0.1, -0.05) is 0 Å². The first-order valence-electron chi connectivity index (χ1n) is 6.48. The van der Waals surface area contributed by atoms with Crippen molar-refractivity contribution < 1.29 is 9.53 Å². The van der Waals surface area contributed by atoms with Crippen LogP contribution >= 0.6 is 15.9 Å². The summed E-state index contributed by atoms with van der Waals surface area (Å²) >= 11 is 3.51. The van der Waals surface area contributed by atoms with Crippen LogP contribution in [0.25, 0.3) is 5.69 Å². The number of fused-ring (bicyclic) bond motifs is 1. The third kappa shape index (κ3) is 2.41. The lowest BCUT2D eigenvalue weighted by Gasteiger charge is -2.07. The Balaban J connectivity index is 2.10. The first kappa shape index (κ1) is 13.5. The first-order chi connectivity index (χ1) is 9.66. The molecular weight excluding hydrogens is 322 g/mol. The molecule has 0 aromatic carbocycles.